The van der Waals surface area contributed by atoms with Gasteiger partial charge in [-0.3, -0.25) is 4.79 Å². The molecule has 0 atom stereocenters. The highest BCUT2D eigenvalue weighted by Crippen LogP contribution is 2.00. The largest absolute Gasteiger partial charge is 0.298 e. The van der Waals surface area contributed by atoms with Gasteiger partial charge in [-0.1, -0.05) is 39.8 Å². The van der Waals surface area contributed by atoms with Crippen molar-refractivity contribution in [1.29, 1.82) is 5.26 Å². The van der Waals surface area contributed by atoms with Gasteiger partial charge in [-0.15, -0.1) is 0 Å². The number of nitriles is 1. The Morgan fingerprint density at radius 2 is 1.79 bits per heavy atom. The molecule has 0 amide bonds. The van der Waals surface area contributed by atoms with Crippen molar-refractivity contribution in [2.75, 3.05) is 0 Å². The maximum atomic E-state index is 10.2. The van der Waals surface area contributed by atoms with E-state index in [9.17, 15) is 4.79 Å². The zero-order chi connectivity index (χ0) is 11.4. The van der Waals surface area contributed by atoms with Crippen LogP contribution in [0, 0.1) is 11.3 Å². The van der Waals surface area contributed by atoms with Gasteiger partial charge in [-0.2, -0.15) is 5.26 Å². The van der Waals surface area contributed by atoms with Gasteiger partial charge in [0.25, 0.3) is 0 Å². The van der Waals surface area contributed by atoms with E-state index in [1.807, 2.05) is 33.8 Å². The standard InChI is InChI=1S/C8H5NO.2C2H6/c9-5-7-2-1-3-8(4-7)6-10;2*1-2/h1-4,6H;2*1-2H3. The zero-order valence-electron chi connectivity index (χ0n) is 9.24. The minimum atomic E-state index is 0.518. The molecule has 2 nitrogen and oxygen atoms in total. The molecule has 0 N–H and O–H groups in total. The lowest BCUT2D eigenvalue weighted by Gasteiger charge is -1.87. The third-order valence-corrected chi connectivity index (χ3v) is 1.15. The molecule has 0 aliphatic heterocycles. The first kappa shape index (κ1) is 14.9. The Morgan fingerprint density at radius 1 is 1.21 bits per heavy atom. The second-order valence-electron chi connectivity index (χ2n) is 1.86. The van der Waals surface area contributed by atoms with Crippen LogP contribution < -0.4 is 0 Å². The van der Waals surface area contributed by atoms with E-state index in [1.54, 1.807) is 24.3 Å². The van der Waals surface area contributed by atoms with Gasteiger partial charge in [0.15, 0.2) is 0 Å². The van der Waals surface area contributed by atoms with E-state index in [2.05, 4.69) is 0 Å². The molecule has 0 heterocycles. The first-order chi connectivity index (χ1) is 6.86. The van der Waals surface area contributed by atoms with Crippen LogP contribution in [0.4, 0.5) is 0 Å². The Hall–Kier alpha value is -1.62. The predicted molar refractivity (Wildman–Crippen MR) is 59.2 cm³/mol. The Morgan fingerprint density at radius 3 is 2.21 bits per heavy atom. The summed E-state index contributed by atoms with van der Waals surface area (Å²) in [5, 5.41) is 8.39. The van der Waals surface area contributed by atoms with Crippen molar-refractivity contribution in [2.24, 2.45) is 0 Å². The molecule has 14 heavy (non-hydrogen) atoms. The predicted octanol–water partition coefficient (Wildman–Crippen LogP) is 3.42. The van der Waals surface area contributed by atoms with Gasteiger partial charge in [0.2, 0.25) is 0 Å². The van der Waals surface area contributed by atoms with E-state index in [4.69, 9.17) is 5.26 Å². The van der Waals surface area contributed by atoms with Crippen LogP contribution in [-0.4, -0.2) is 6.29 Å². The molecule has 0 spiro atoms. The van der Waals surface area contributed by atoms with Gasteiger partial charge in [0.1, 0.15) is 6.29 Å². The molecule has 0 saturated carbocycles. The smallest absolute Gasteiger partial charge is 0.150 e. The van der Waals surface area contributed by atoms with Crippen LogP contribution in [0.2, 0.25) is 0 Å². The molecule has 0 bridgehead atoms. The Balaban J connectivity index is 0. The molecule has 1 aromatic rings. The van der Waals surface area contributed by atoms with E-state index in [-0.39, 0.29) is 0 Å². The normalized spacial score (nSPS) is 6.79. The fourth-order valence-corrected chi connectivity index (χ4v) is 0.682. The van der Waals surface area contributed by atoms with Crippen molar-refractivity contribution in [3.63, 3.8) is 0 Å². The topological polar surface area (TPSA) is 40.9 Å². The lowest BCUT2D eigenvalue weighted by atomic mass is 10.2. The third kappa shape index (κ3) is 5.96. The molecule has 0 aliphatic rings. The molecule has 1 aromatic carbocycles. The van der Waals surface area contributed by atoms with Crippen LogP contribution in [0.1, 0.15) is 43.6 Å². The van der Waals surface area contributed by atoms with Crippen LogP contribution in [0.3, 0.4) is 0 Å². The SMILES string of the molecule is CC.CC.N#Cc1cccc(C=O)c1. The average molecular weight is 191 g/mol. The van der Waals surface area contributed by atoms with Crippen molar-refractivity contribution in [1.82, 2.24) is 0 Å². The van der Waals surface area contributed by atoms with Crippen molar-refractivity contribution < 1.29 is 4.79 Å². The van der Waals surface area contributed by atoms with Gasteiger partial charge < -0.3 is 0 Å². The summed E-state index contributed by atoms with van der Waals surface area (Å²) in [5.74, 6) is 0. The molecule has 0 saturated heterocycles. The summed E-state index contributed by atoms with van der Waals surface area (Å²) in [4.78, 5) is 10.2. The first-order valence-electron chi connectivity index (χ1n) is 4.82. The fraction of sp³-hybridized carbons (Fsp3) is 0.333. The lowest BCUT2D eigenvalue weighted by molar-refractivity contribution is 0.112. The van der Waals surface area contributed by atoms with E-state index in [0.29, 0.717) is 11.1 Å². The molecule has 1 rings (SSSR count). The lowest BCUT2D eigenvalue weighted by Crippen LogP contribution is -1.79. The van der Waals surface area contributed by atoms with E-state index in [1.165, 1.54) is 0 Å². The molecule has 0 aromatic heterocycles. The van der Waals surface area contributed by atoms with E-state index < -0.39 is 0 Å². The van der Waals surface area contributed by atoms with Crippen LogP contribution >= 0.6 is 0 Å². The van der Waals surface area contributed by atoms with Crippen molar-refractivity contribution >= 4 is 6.29 Å². The maximum Gasteiger partial charge on any atom is 0.150 e. The van der Waals surface area contributed by atoms with E-state index >= 15 is 0 Å². The quantitative estimate of drug-likeness (QED) is 0.638. The summed E-state index contributed by atoms with van der Waals surface area (Å²) in [6.45, 7) is 8.00. The number of carbonyl (C=O) groups excluding carboxylic acids is 1. The summed E-state index contributed by atoms with van der Waals surface area (Å²) in [7, 11) is 0. The zero-order valence-corrected chi connectivity index (χ0v) is 9.24. The number of rotatable bonds is 1. The van der Waals surface area contributed by atoms with Crippen molar-refractivity contribution in [2.45, 2.75) is 27.7 Å². The highest BCUT2D eigenvalue weighted by molar-refractivity contribution is 5.75. The molecular formula is C12H17NO. The van der Waals surface area contributed by atoms with Crippen LogP contribution in [0.15, 0.2) is 24.3 Å². The molecule has 0 unspecified atom stereocenters. The minimum absolute atomic E-state index is 0.518. The van der Waals surface area contributed by atoms with Crippen LogP contribution in [0.5, 0.6) is 0 Å². The van der Waals surface area contributed by atoms with Gasteiger partial charge in [-0.25, -0.2) is 0 Å². The molecule has 76 valence electrons. The summed E-state index contributed by atoms with van der Waals surface area (Å²) >= 11 is 0. The van der Waals surface area contributed by atoms with Gasteiger partial charge in [0.05, 0.1) is 11.6 Å². The Labute approximate surface area is 86.2 Å². The molecular weight excluding hydrogens is 174 g/mol. The molecule has 2 heteroatoms. The Kier molecular flexibility index (Phi) is 12.1. The number of nitrogens with zero attached hydrogens (tertiary/aromatic N) is 1. The summed E-state index contributed by atoms with van der Waals surface area (Å²) in [5.41, 5.74) is 1.06. The van der Waals surface area contributed by atoms with Gasteiger partial charge in [0, 0.05) is 5.56 Å². The second kappa shape index (κ2) is 11.4. The van der Waals surface area contributed by atoms with E-state index in [0.717, 1.165) is 6.29 Å². The Bertz CT molecular complexity index is 287. The first-order valence-corrected chi connectivity index (χ1v) is 4.82. The van der Waals surface area contributed by atoms with Gasteiger partial charge >= 0.3 is 0 Å². The van der Waals surface area contributed by atoms with Crippen LogP contribution in [0.25, 0.3) is 0 Å². The second-order valence-corrected chi connectivity index (χ2v) is 1.86. The molecule has 0 fully saturated rings. The molecule has 0 radical (unpaired) electrons. The molecule has 0 aliphatic carbocycles. The van der Waals surface area contributed by atoms with Crippen molar-refractivity contribution in [3.8, 4) is 6.07 Å². The summed E-state index contributed by atoms with van der Waals surface area (Å²) < 4.78 is 0. The van der Waals surface area contributed by atoms with Gasteiger partial charge in [-0.05, 0) is 12.1 Å². The maximum absolute atomic E-state index is 10.2. The highest BCUT2D eigenvalue weighted by atomic mass is 16.1. The number of aldehydes is 1. The highest BCUT2D eigenvalue weighted by Gasteiger charge is 1.90. The van der Waals surface area contributed by atoms with Crippen LogP contribution in [-0.2, 0) is 0 Å². The summed E-state index contributed by atoms with van der Waals surface area (Å²) in [6.07, 6.45) is 0.723. The van der Waals surface area contributed by atoms with Crippen molar-refractivity contribution in [3.05, 3.63) is 35.4 Å². The monoisotopic (exact) mass is 191 g/mol. The summed E-state index contributed by atoms with van der Waals surface area (Å²) in [6, 6.07) is 8.49. The third-order valence-electron chi connectivity index (χ3n) is 1.15. The average Bonchev–Trinajstić information content (AvgIpc) is 2.34. The number of hydrogen-bond donors (Lipinski definition) is 0. The fourth-order valence-electron chi connectivity index (χ4n) is 0.682. The minimum Gasteiger partial charge on any atom is -0.298 e. The number of hydrogen-bond acceptors (Lipinski definition) is 2. The number of benzene rings is 1. The number of carbonyl (C=O) groups is 1.